The first kappa shape index (κ1) is 14.9. The molecule has 2 heterocycles. The predicted octanol–water partition coefficient (Wildman–Crippen LogP) is 2.93. The Kier molecular flexibility index (Phi) is 3.85. The lowest BCUT2D eigenvalue weighted by molar-refractivity contribution is -0.0181. The quantitative estimate of drug-likeness (QED) is 0.787. The van der Waals surface area contributed by atoms with Crippen LogP contribution in [0.3, 0.4) is 0 Å². The minimum absolute atomic E-state index is 0.219. The van der Waals surface area contributed by atoms with Gasteiger partial charge in [-0.25, -0.2) is 4.98 Å². The van der Waals surface area contributed by atoms with E-state index in [-0.39, 0.29) is 6.04 Å². The molecule has 0 aliphatic rings. The van der Waals surface area contributed by atoms with Gasteiger partial charge in [0.1, 0.15) is 5.52 Å². The van der Waals surface area contributed by atoms with E-state index in [9.17, 15) is 5.11 Å². The number of aromatic nitrogens is 3. The Morgan fingerprint density at radius 2 is 2.00 bits per heavy atom. The first-order valence-electron chi connectivity index (χ1n) is 7.52. The second kappa shape index (κ2) is 5.66. The summed E-state index contributed by atoms with van der Waals surface area (Å²) in [6.45, 7) is 6.59. The van der Waals surface area contributed by atoms with Crippen LogP contribution in [0.5, 0.6) is 0 Å². The van der Waals surface area contributed by atoms with Crippen LogP contribution in [0, 0.1) is 0 Å². The molecule has 0 spiro atoms. The summed E-state index contributed by atoms with van der Waals surface area (Å²) in [5, 5.41) is 11.6. The second-order valence-corrected chi connectivity index (χ2v) is 5.99. The molecule has 0 bridgehead atoms. The summed E-state index contributed by atoms with van der Waals surface area (Å²) in [6, 6.07) is 7.75. The monoisotopic (exact) mass is 299 g/mol. The van der Waals surface area contributed by atoms with Gasteiger partial charge >= 0.3 is 0 Å². The van der Waals surface area contributed by atoms with Gasteiger partial charge in [-0.2, -0.15) is 0 Å². The zero-order valence-electron chi connectivity index (χ0n) is 13.2. The lowest BCUT2D eigenvalue weighted by Gasteiger charge is -2.30. The zero-order chi connectivity index (χ0) is 15.7. The number of para-hydroxylation sites is 1. The number of hydrogen-bond donors (Lipinski definition) is 1. The highest BCUT2D eigenvalue weighted by molar-refractivity contribution is 6.02. The van der Waals surface area contributed by atoms with E-state index in [1.54, 1.807) is 26.4 Å². The van der Waals surface area contributed by atoms with E-state index >= 15 is 0 Å². The fourth-order valence-corrected chi connectivity index (χ4v) is 2.75. The average molecular weight is 299 g/mol. The second-order valence-electron chi connectivity index (χ2n) is 5.99. The van der Waals surface area contributed by atoms with Crippen LogP contribution >= 0.6 is 0 Å². The number of benzene rings is 1. The van der Waals surface area contributed by atoms with Gasteiger partial charge in [0.25, 0.3) is 0 Å². The average Bonchev–Trinajstić information content (AvgIpc) is 2.90. The maximum Gasteiger partial charge on any atom is 0.107 e. The van der Waals surface area contributed by atoms with E-state index in [4.69, 9.17) is 4.74 Å². The van der Waals surface area contributed by atoms with Crippen LogP contribution in [0.15, 0.2) is 36.8 Å². The number of nitrogens with zero attached hydrogens (tertiary/aromatic N) is 3. The largest absolute Gasteiger partial charge is 0.388 e. The topological polar surface area (TPSA) is 60.2 Å². The molecule has 0 radical (unpaired) electrons. The Labute approximate surface area is 129 Å². The molecule has 3 aromatic rings. The number of fused-ring (bicyclic) bond motifs is 3. The summed E-state index contributed by atoms with van der Waals surface area (Å²) in [6.07, 6.45) is 3.54. The molecule has 1 N–H and O–H groups in total. The molecule has 0 aliphatic carbocycles. The lowest BCUT2D eigenvalue weighted by atomic mass is 9.99. The summed E-state index contributed by atoms with van der Waals surface area (Å²) in [5.74, 6) is 0. The number of aliphatic hydroxyl groups is 1. The van der Waals surface area contributed by atoms with Crippen molar-refractivity contribution in [1.29, 1.82) is 0 Å². The molecule has 3 rings (SSSR count). The Hall–Kier alpha value is -1.98. The third kappa shape index (κ3) is 2.58. The molecule has 1 unspecified atom stereocenters. The highest BCUT2D eigenvalue weighted by Crippen LogP contribution is 2.30. The lowest BCUT2D eigenvalue weighted by Crippen LogP contribution is -2.36. The summed E-state index contributed by atoms with van der Waals surface area (Å²) in [5.41, 5.74) is 1.80. The Balaban J connectivity index is 2.22. The fourth-order valence-electron chi connectivity index (χ4n) is 2.75. The summed E-state index contributed by atoms with van der Waals surface area (Å²) in [4.78, 5) is 8.88. The first-order chi connectivity index (χ1) is 10.5. The third-order valence-corrected chi connectivity index (χ3v) is 3.94. The molecule has 0 fully saturated rings. The summed E-state index contributed by atoms with van der Waals surface area (Å²) < 4.78 is 7.59. The summed E-state index contributed by atoms with van der Waals surface area (Å²) >= 11 is 0. The molecule has 22 heavy (non-hydrogen) atoms. The van der Waals surface area contributed by atoms with Crippen LogP contribution < -0.4 is 0 Å². The SMILES string of the molecule is CCOCC(n1cnc2cnc3ccccc3c21)C(C)(C)O. The van der Waals surface area contributed by atoms with E-state index in [0.717, 1.165) is 21.9 Å². The molecular weight excluding hydrogens is 278 g/mol. The van der Waals surface area contributed by atoms with Crippen LogP contribution in [-0.2, 0) is 4.74 Å². The van der Waals surface area contributed by atoms with Crippen LogP contribution in [0.4, 0.5) is 0 Å². The minimum atomic E-state index is -0.923. The van der Waals surface area contributed by atoms with Gasteiger partial charge in [-0.15, -0.1) is 0 Å². The van der Waals surface area contributed by atoms with Gasteiger partial charge in [-0.05, 0) is 26.8 Å². The highest BCUT2D eigenvalue weighted by Gasteiger charge is 2.30. The van der Waals surface area contributed by atoms with Crippen molar-refractivity contribution < 1.29 is 9.84 Å². The van der Waals surface area contributed by atoms with Gasteiger partial charge in [0, 0.05) is 12.0 Å². The van der Waals surface area contributed by atoms with E-state index in [0.29, 0.717) is 13.2 Å². The van der Waals surface area contributed by atoms with Crippen LogP contribution in [0.1, 0.15) is 26.8 Å². The van der Waals surface area contributed by atoms with Crippen molar-refractivity contribution in [2.75, 3.05) is 13.2 Å². The van der Waals surface area contributed by atoms with E-state index in [2.05, 4.69) is 9.97 Å². The van der Waals surface area contributed by atoms with Gasteiger partial charge in [0.2, 0.25) is 0 Å². The number of pyridine rings is 1. The van der Waals surface area contributed by atoms with Gasteiger partial charge in [-0.1, -0.05) is 18.2 Å². The standard InChI is InChI=1S/C17H21N3O2/c1-4-22-10-15(17(2,3)21)20-11-19-14-9-18-13-8-6-5-7-12(13)16(14)20/h5-9,11,15,21H,4,10H2,1-3H3. The van der Waals surface area contributed by atoms with Gasteiger partial charge in [-0.3, -0.25) is 4.98 Å². The Morgan fingerprint density at radius 1 is 1.23 bits per heavy atom. The number of hydrogen-bond acceptors (Lipinski definition) is 4. The molecule has 1 aromatic carbocycles. The van der Waals surface area contributed by atoms with Crippen molar-refractivity contribution in [3.8, 4) is 0 Å². The normalized spacial score (nSPS) is 13.8. The molecule has 0 saturated carbocycles. The van der Waals surface area contributed by atoms with Crippen molar-refractivity contribution in [2.24, 2.45) is 0 Å². The van der Waals surface area contributed by atoms with E-state index < -0.39 is 5.60 Å². The maximum atomic E-state index is 10.6. The fraction of sp³-hybridized carbons (Fsp3) is 0.412. The molecule has 2 aromatic heterocycles. The van der Waals surface area contributed by atoms with Crippen molar-refractivity contribution >= 4 is 21.9 Å². The number of rotatable bonds is 5. The number of imidazole rings is 1. The Bertz CT molecular complexity index is 789. The summed E-state index contributed by atoms with van der Waals surface area (Å²) in [7, 11) is 0. The van der Waals surface area contributed by atoms with Crippen LogP contribution in [-0.4, -0.2) is 38.5 Å². The first-order valence-corrected chi connectivity index (χ1v) is 7.52. The van der Waals surface area contributed by atoms with Crippen LogP contribution in [0.2, 0.25) is 0 Å². The van der Waals surface area contributed by atoms with Crippen molar-refractivity contribution in [3.05, 3.63) is 36.8 Å². The van der Waals surface area contributed by atoms with E-state index in [1.165, 1.54) is 0 Å². The molecule has 5 nitrogen and oxygen atoms in total. The van der Waals surface area contributed by atoms with Crippen molar-refractivity contribution in [2.45, 2.75) is 32.4 Å². The van der Waals surface area contributed by atoms with Gasteiger partial charge < -0.3 is 14.4 Å². The minimum Gasteiger partial charge on any atom is -0.388 e. The van der Waals surface area contributed by atoms with Crippen molar-refractivity contribution in [1.82, 2.24) is 14.5 Å². The van der Waals surface area contributed by atoms with Crippen molar-refractivity contribution in [3.63, 3.8) is 0 Å². The smallest absolute Gasteiger partial charge is 0.107 e. The molecule has 0 aliphatic heterocycles. The Morgan fingerprint density at radius 3 is 2.73 bits per heavy atom. The van der Waals surface area contributed by atoms with Gasteiger partial charge in [0.15, 0.2) is 0 Å². The molecule has 5 heteroatoms. The van der Waals surface area contributed by atoms with E-state index in [1.807, 2.05) is 35.8 Å². The van der Waals surface area contributed by atoms with Gasteiger partial charge in [0.05, 0.1) is 41.8 Å². The molecule has 1 atom stereocenters. The van der Waals surface area contributed by atoms with Crippen LogP contribution in [0.25, 0.3) is 21.9 Å². The number of ether oxygens (including phenoxy) is 1. The zero-order valence-corrected chi connectivity index (χ0v) is 13.2. The highest BCUT2D eigenvalue weighted by atomic mass is 16.5. The molecule has 116 valence electrons. The molecular formula is C17H21N3O2. The third-order valence-electron chi connectivity index (χ3n) is 3.94. The molecule has 0 amide bonds. The predicted molar refractivity (Wildman–Crippen MR) is 86.9 cm³/mol. The maximum absolute atomic E-state index is 10.6. The molecule has 0 saturated heterocycles.